The van der Waals surface area contributed by atoms with Gasteiger partial charge in [-0.1, -0.05) is 47.5 Å². The Balaban J connectivity index is 1.87. The molecule has 0 bridgehead atoms. The summed E-state index contributed by atoms with van der Waals surface area (Å²) in [6.07, 6.45) is 1.61. The van der Waals surface area contributed by atoms with Gasteiger partial charge in [-0.2, -0.15) is 0 Å². The molecule has 0 aliphatic carbocycles. The number of fused-ring (bicyclic) bond motifs is 1. The number of thiophene rings is 1. The smallest absolute Gasteiger partial charge is 0.143 e. The molecule has 3 nitrogen and oxygen atoms in total. The summed E-state index contributed by atoms with van der Waals surface area (Å²) < 4.78 is 0. The maximum absolute atomic E-state index is 6.27. The Labute approximate surface area is 161 Å². The molecule has 0 radical (unpaired) electrons. The van der Waals surface area contributed by atoms with Crippen LogP contribution < -0.4 is 5.32 Å². The number of benzene rings is 2. The number of nitrogens with one attached hydrogen (secondary N) is 1. The van der Waals surface area contributed by atoms with Gasteiger partial charge in [0.25, 0.3) is 0 Å². The van der Waals surface area contributed by atoms with Gasteiger partial charge in [-0.15, -0.1) is 11.3 Å². The van der Waals surface area contributed by atoms with Gasteiger partial charge in [0.2, 0.25) is 0 Å². The SMILES string of the molecule is Cc1ccc(-c2c(C)sc3ncnc(Nc4ccc(C)c(Cl)c4)c23)cc1. The second kappa shape index (κ2) is 6.71. The predicted molar refractivity (Wildman–Crippen MR) is 112 cm³/mol. The van der Waals surface area contributed by atoms with Gasteiger partial charge in [-0.25, -0.2) is 9.97 Å². The van der Waals surface area contributed by atoms with Crippen molar-refractivity contribution in [1.29, 1.82) is 0 Å². The molecule has 4 aromatic rings. The van der Waals surface area contributed by atoms with Crippen molar-refractivity contribution in [3.05, 3.63) is 69.8 Å². The zero-order chi connectivity index (χ0) is 18.3. The molecule has 0 saturated heterocycles. The fourth-order valence-electron chi connectivity index (χ4n) is 3.01. The van der Waals surface area contributed by atoms with Crippen molar-refractivity contribution in [2.45, 2.75) is 20.8 Å². The van der Waals surface area contributed by atoms with Crippen molar-refractivity contribution in [2.24, 2.45) is 0 Å². The van der Waals surface area contributed by atoms with Crippen LogP contribution in [0.1, 0.15) is 16.0 Å². The van der Waals surface area contributed by atoms with Crippen molar-refractivity contribution in [1.82, 2.24) is 9.97 Å². The molecule has 0 amide bonds. The minimum absolute atomic E-state index is 0.737. The molecule has 2 heterocycles. The largest absolute Gasteiger partial charge is 0.340 e. The van der Waals surface area contributed by atoms with Gasteiger partial charge in [0, 0.05) is 21.2 Å². The van der Waals surface area contributed by atoms with Crippen molar-refractivity contribution in [3.8, 4) is 11.1 Å². The molecule has 2 aromatic heterocycles. The fraction of sp³-hybridized carbons (Fsp3) is 0.143. The Kier molecular flexibility index (Phi) is 4.39. The van der Waals surface area contributed by atoms with Gasteiger partial charge < -0.3 is 5.32 Å². The molecule has 1 N–H and O–H groups in total. The van der Waals surface area contributed by atoms with Crippen molar-refractivity contribution in [3.63, 3.8) is 0 Å². The van der Waals surface area contributed by atoms with Gasteiger partial charge in [0.05, 0.1) is 5.39 Å². The zero-order valence-electron chi connectivity index (χ0n) is 14.8. The third-order valence-electron chi connectivity index (χ3n) is 4.44. The first-order valence-corrected chi connectivity index (χ1v) is 9.56. The standard InChI is InChI=1S/C21H18ClN3S/c1-12-4-7-15(8-5-12)18-14(3)26-21-19(18)20(23-11-24-21)25-16-9-6-13(2)17(22)10-16/h4-11H,1-3H3,(H,23,24,25). The lowest BCUT2D eigenvalue weighted by Gasteiger charge is -2.10. The van der Waals surface area contributed by atoms with Crippen LogP contribution in [0.15, 0.2) is 48.8 Å². The van der Waals surface area contributed by atoms with E-state index in [2.05, 4.69) is 53.4 Å². The lowest BCUT2D eigenvalue weighted by molar-refractivity contribution is 1.23. The summed E-state index contributed by atoms with van der Waals surface area (Å²) in [5.74, 6) is 0.801. The van der Waals surface area contributed by atoms with E-state index in [-0.39, 0.29) is 0 Å². The second-order valence-electron chi connectivity index (χ2n) is 6.39. The highest BCUT2D eigenvalue weighted by atomic mass is 35.5. The molecule has 5 heteroatoms. The lowest BCUT2D eigenvalue weighted by atomic mass is 10.0. The molecule has 0 spiro atoms. The van der Waals surface area contributed by atoms with E-state index in [1.54, 1.807) is 17.7 Å². The van der Waals surface area contributed by atoms with E-state index < -0.39 is 0 Å². The van der Waals surface area contributed by atoms with Crippen LogP contribution in [0.25, 0.3) is 21.3 Å². The highest BCUT2D eigenvalue weighted by Crippen LogP contribution is 2.41. The summed E-state index contributed by atoms with van der Waals surface area (Å²) >= 11 is 7.96. The Bertz CT molecular complexity index is 1100. The Hall–Kier alpha value is -2.43. The van der Waals surface area contributed by atoms with Crippen LogP contribution in [0.2, 0.25) is 5.02 Å². The topological polar surface area (TPSA) is 37.8 Å². The summed E-state index contributed by atoms with van der Waals surface area (Å²) in [6, 6.07) is 14.5. The third-order valence-corrected chi connectivity index (χ3v) is 5.86. The van der Waals surface area contributed by atoms with Gasteiger partial charge >= 0.3 is 0 Å². The molecule has 0 unspecified atom stereocenters. The van der Waals surface area contributed by atoms with Crippen LogP contribution in [-0.2, 0) is 0 Å². The summed E-state index contributed by atoms with van der Waals surface area (Å²) in [6.45, 7) is 6.22. The first-order valence-electron chi connectivity index (χ1n) is 8.37. The molecule has 0 aliphatic rings. The highest BCUT2D eigenvalue weighted by molar-refractivity contribution is 7.19. The van der Waals surface area contributed by atoms with Gasteiger partial charge in [0.1, 0.15) is 17.0 Å². The van der Waals surface area contributed by atoms with Crippen LogP contribution in [0, 0.1) is 20.8 Å². The van der Waals surface area contributed by atoms with Crippen molar-refractivity contribution < 1.29 is 0 Å². The molecule has 0 aliphatic heterocycles. The quantitative estimate of drug-likeness (QED) is 0.431. The number of anilines is 2. The van der Waals surface area contributed by atoms with E-state index in [4.69, 9.17) is 11.6 Å². The van der Waals surface area contributed by atoms with Crippen LogP contribution in [0.3, 0.4) is 0 Å². The average molecular weight is 380 g/mol. The first-order chi connectivity index (χ1) is 12.5. The van der Waals surface area contributed by atoms with E-state index in [1.165, 1.54) is 21.6 Å². The fourth-order valence-corrected chi connectivity index (χ4v) is 4.21. The summed E-state index contributed by atoms with van der Waals surface area (Å²) in [4.78, 5) is 11.2. The zero-order valence-corrected chi connectivity index (χ0v) is 16.4. The number of nitrogens with zero attached hydrogens (tertiary/aromatic N) is 2. The van der Waals surface area contributed by atoms with E-state index in [9.17, 15) is 0 Å². The van der Waals surface area contributed by atoms with Crippen LogP contribution in [-0.4, -0.2) is 9.97 Å². The molecule has 2 aromatic carbocycles. The molecule has 0 fully saturated rings. The predicted octanol–water partition coefficient (Wildman–Crippen LogP) is 6.68. The van der Waals surface area contributed by atoms with Crippen LogP contribution in [0.5, 0.6) is 0 Å². The monoisotopic (exact) mass is 379 g/mol. The van der Waals surface area contributed by atoms with Crippen LogP contribution >= 0.6 is 22.9 Å². The highest BCUT2D eigenvalue weighted by Gasteiger charge is 2.17. The van der Waals surface area contributed by atoms with Crippen LogP contribution in [0.4, 0.5) is 11.5 Å². The third kappa shape index (κ3) is 3.06. The lowest BCUT2D eigenvalue weighted by Crippen LogP contribution is -1.96. The van der Waals surface area contributed by atoms with E-state index in [0.717, 1.165) is 32.3 Å². The Morgan fingerprint density at radius 3 is 2.46 bits per heavy atom. The van der Waals surface area contributed by atoms with Gasteiger partial charge in [-0.05, 0) is 44.0 Å². The van der Waals surface area contributed by atoms with E-state index in [1.807, 2.05) is 25.1 Å². The molecular weight excluding hydrogens is 362 g/mol. The molecular formula is C21H18ClN3S. The average Bonchev–Trinajstić information content (AvgIpc) is 2.96. The summed E-state index contributed by atoms with van der Waals surface area (Å²) in [5.41, 5.74) is 5.58. The number of hydrogen-bond donors (Lipinski definition) is 1. The second-order valence-corrected chi connectivity index (χ2v) is 8.00. The van der Waals surface area contributed by atoms with Crippen molar-refractivity contribution in [2.75, 3.05) is 5.32 Å². The minimum atomic E-state index is 0.737. The Morgan fingerprint density at radius 2 is 1.73 bits per heavy atom. The number of rotatable bonds is 3. The first kappa shape index (κ1) is 17.0. The van der Waals surface area contributed by atoms with Gasteiger partial charge in [0.15, 0.2) is 0 Å². The minimum Gasteiger partial charge on any atom is -0.340 e. The van der Waals surface area contributed by atoms with Crippen molar-refractivity contribution >= 4 is 44.7 Å². The summed E-state index contributed by atoms with van der Waals surface area (Å²) in [7, 11) is 0. The molecule has 26 heavy (non-hydrogen) atoms. The number of aryl methyl sites for hydroxylation is 3. The molecule has 0 atom stereocenters. The molecule has 130 valence electrons. The van der Waals surface area contributed by atoms with E-state index >= 15 is 0 Å². The molecule has 4 rings (SSSR count). The number of hydrogen-bond acceptors (Lipinski definition) is 4. The normalized spacial score (nSPS) is 11.1. The maximum Gasteiger partial charge on any atom is 0.143 e. The maximum atomic E-state index is 6.27. The number of aromatic nitrogens is 2. The van der Waals surface area contributed by atoms with Gasteiger partial charge in [-0.3, -0.25) is 0 Å². The Morgan fingerprint density at radius 1 is 0.962 bits per heavy atom. The number of halogens is 1. The van der Waals surface area contributed by atoms with E-state index in [0.29, 0.717) is 0 Å². The molecule has 0 saturated carbocycles. The summed E-state index contributed by atoms with van der Waals surface area (Å²) in [5, 5.41) is 5.21.